The molecule has 2 aliphatic rings. The Kier molecular flexibility index (Phi) is 7.49. The fourth-order valence-corrected chi connectivity index (χ4v) is 3.87. The number of rotatable bonds is 8. The predicted octanol–water partition coefficient (Wildman–Crippen LogP) is 1.20. The topological polar surface area (TPSA) is 79.5 Å². The molecule has 0 aromatic rings. The zero-order chi connectivity index (χ0) is 17.4. The van der Waals surface area contributed by atoms with Crippen LogP contribution in [0, 0.1) is 11.3 Å². The summed E-state index contributed by atoms with van der Waals surface area (Å²) in [5.41, 5.74) is 0.0337. The lowest BCUT2D eigenvalue weighted by Crippen LogP contribution is -2.48. The molecule has 0 aromatic carbocycles. The summed E-state index contributed by atoms with van der Waals surface area (Å²) in [6.07, 6.45) is 6.60. The van der Waals surface area contributed by atoms with E-state index in [2.05, 4.69) is 16.0 Å². The monoisotopic (exact) mass is 339 g/mol. The SMILES string of the molecule is COCC1(CNC(=O)CC(C)NC(=O)C2CCCC2)CCNCC1. The molecule has 0 radical (unpaired) electrons. The van der Waals surface area contributed by atoms with Gasteiger partial charge in [0.2, 0.25) is 11.8 Å². The Morgan fingerprint density at radius 1 is 1.25 bits per heavy atom. The van der Waals surface area contributed by atoms with E-state index in [1.165, 1.54) is 0 Å². The van der Waals surface area contributed by atoms with Gasteiger partial charge < -0.3 is 20.7 Å². The van der Waals surface area contributed by atoms with Gasteiger partial charge in [-0.15, -0.1) is 0 Å². The average Bonchev–Trinajstić information content (AvgIpc) is 3.09. The molecule has 6 heteroatoms. The molecule has 1 atom stereocenters. The fourth-order valence-electron chi connectivity index (χ4n) is 3.87. The van der Waals surface area contributed by atoms with Crippen molar-refractivity contribution in [3.05, 3.63) is 0 Å². The molecule has 24 heavy (non-hydrogen) atoms. The molecule has 1 unspecified atom stereocenters. The van der Waals surface area contributed by atoms with Crippen molar-refractivity contribution in [3.8, 4) is 0 Å². The van der Waals surface area contributed by atoms with E-state index in [1.807, 2.05) is 6.92 Å². The number of ether oxygens (including phenoxy) is 1. The maximum absolute atomic E-state index is 12.2. The highest BCUT2D eigenvalue weighted by Gasteiger charge is 2.32. The van der Waals surface area contributed by atoms with Crippen molar-refractivity contribution in [2.45, 2.75) is 57.9 Å². The van der Waals surface area contributed by atoms with Crippen LogP contribution in [-0.4, -0.2) is 51.2 Å². The molecule has 0 spiro atoms. The first-order chi connectivity index (χ1) is 11.5. The Labute approximate surface area is 145 Å². The van der Waals surface area contributed by atoms with Gasteiger partial charge in [0.15, 0.2) is 0 Å². The Morgan fingerprint density at radius 2 is 1.92 bits per heavy atom. The second-order valence-electron chi connectivity index (χ2n) is 7.55. The highest BCUT2D eigenvalue weighted by Crippen LogP contribution is 2.28. The van der Waals surface area contributed by atoms with Crippen LogP contribution in [0.4, 0.5) is 0 Å². The lowest BCUT2D eigenvalue weighted by molar-refractivity contribution is -0.126. The molecule has 6 nitrogen and oxygen atoms in total. The van der Waals surface area contributed by atoms with Crippen LogP contribution in [0.2, 0.25) is 0 Å². The number of amides is 2. The van der Waals surface area contributed by atoms with Crippen molar-refractivity contribution in [3.63, 3.8) is 0 Å². The number of methoxy groups -OCH3 is 1. The third-order valence-electron chi connectivity index (χ3n) is 5.38. The molecule has 3 N–H and O–H groups in total. The Balaban J connectivity index is 1.72. The fraction of sp³-hybridized carbons (Fsp3) is 0.889. The minimum Gasteiger partial charge on any atom is -0.384 e. The molecule has 1 heterocycles. The van der Waals surface area contributed by atoms with Crippen molar-refractivity contribution in [1.29, 1.82) is 0 Å². The van der Waals surface area contributed by atoms with Gasteiger partial charge in [-0.2, -0.15) is 0 Å². The highest BCUT2D eigenvalue weighted by molar-refractivity contribution is 5.81. The molecule has 0 aromatic heterocycles. The molecule has 1 aliphatic carbocycles. The Morgan fingerprint density at radius 3 is 2.54 bits per heavy atom. The van der Waals surface area contributed by atoms with Crippen molar-refractivity contribution in [1.82, 2.24) is 16.0 Å². The lowest BCUT2D eigenvalue weighted by atomic mass is 9.79. The predicted molar refractivity (Wildman–Crippen MR) is 93.6 cm³/mol. The number of piperidine rings is 1. The summed E-state index contributed by atoms with van der Waals surface area (Å²) in [7, 11) is 1.71. The van der Waals surface area contributed by atoms with Crippen molar-refractivity contribution >= 4 is 11.8 Å². The molecular formula is C18H33N3O3. The van der Waals surface area contributed by atoms with Crippen molar-refractivity contribution in [2.75, 3.05) is 33.4 Å². The maximum Gasteiger partial charge on any atom is 0.223 e. The second-order valence-corrected chi connectivity index (χ2v) is 7.55. The van der Waals surface area contributed by atoms with Gasteiger partial charge in [-0.25, -0.2) is 0 Å². The number of hydrogen-bond acceptors (Lipinski definition) is 4. The van der Waals surface area contributed by atoms with Crippen LogP contribution in [-0.2, 0) is 14.3 Å². The zero-order valence-corrected chi connectivity index (χ0v) is 15.2. The van der Waals surface area contributed by atoms with Crippen LogP contribution in [0.3, 0.4) is 0 Å². The highest BCUT2D eigenvalue weighted by atomic mass is 16.5. The van der Waals surface area contributed by atoms with Crippen molar-refractivity contribution < 1.29 is 14.3 Å². The van der Waals surface area contributed by atoms with E-state index in [1.54, 1.807) is 7.11 Å². The molecule has 1 saturated heterocycles. The van der Waals surface area contributed by atoms with Gasteiger partial charge in [-0.1, -0.05) is 12.8 Å². The summed E-state index contributed by atoms with van der Waals surface area (Å²) in [4.78, 5) is 24.3. The molecule has 0 bridgehead atoms. The molecule has 2 rings (SSSR count). The summed E-state index contributed by atoms with van der Waals surface area (Å²) in [6.45, 7) is 5.15. The lowest BCUT2D eigenvalue weighted by Gasteiger charge is -2.37. The normalized spacial score (nSPS) is 22.1. The van der Waals surface area contributed by atoms with E-state index in [9.17, 15) is 9.59 Å². The Hall–Kier alpha value is -1.14. The van der Waals surface area contributed by atoms with Crippen LogP contribution < -0.4 is 16.0 Å². The van der Waals surface area contributed by atoms with Crippen LogP contribution in [0.1, 0.15) is 51.9 Å². The third kappa shape index (κ3) is 5.74. The molecule has 1 aliphatic heterocycles. The van der Waals surface area contributed by atoms with Gasteiger partial charge >= 0.3 is 0 Å². The van der Waals surface area contributed by atoms with Gasteiger partial charge in [0.05, 0.1) is 6.61 Å². The number of nitrogens with one attached hydrogen (secondary N) is 3. The zero-order valence-electron chi connectivity index (χ0n) is 15.2. The van der Waals surface area contributed by atoms with E-state index >= 15 is 0 Å². The first kappa shape index (κ1) is 19.2. The van der Waals surface area contributed by atoms with Gasteiger partial charge in [0, 0.05) is 37.5 Å². The van der Waals surface area contributed by atoms with E-state index in [0.29, 0.717) is 19.6 Å². The molecular weight excluding hydrogens is 306 g/mol. The van der Waals surface area contributed by atoms with Gasteiger partial charge in [-0.3, -0.25) is 9.59 Å². The van der Waals surface area contributed by atoms with Crippen LogP contribution >= 0.6 is 0 Å². The number of carbonyl (C=O) groups excluding carboxylic acids is 2. The van der Waals surface area contributed by atoms with Gasteiger partial charge in [-0.05, 0) is 45.7 Å². The van der Waals surface area contributed by atoms with Gasteiger partial charge in [0.25, 0.3) is 0 Å². The van der Waals surface area contributed by atoms with E-state index in [-0.39, 0.29) is 29.2 Å². The molecule has 2 fully saturated rings. The Bertz CT molecular complexity index is 410. The number of hydrogen-bond donors (Lipinski definition) is 3. The average molecular weight is 339 g/mol. The quantitative estimate of drug-likeness (QED) is 0.621. The minimum absolute atomic E-state index is 0.00299. The van der Waals surface area contributed by atoms with Gasteiger partial charge in [0.1, 0.15) is 0 Å². The molecule has 1 saturated carbocycles. The summed E-state index contributed by atoms with van der Waals surface area (Å²) in [5, 5.41) is 9.39. The van der Waals surface area contributed by atoms with Crippen molar-refractivity contribution in [2.24, 2.45) is 11.3 Å². The maximum atomic E-state index is 12.2. The minimum atomic E-state index is -0.121. The second kappa shape index (κ2) is 9.37. The standard InChI is InChI=1S/C18H33N3O3/c1-14(21-17(23)15-5-3-4-6-15)11-16(22)20-12-18(13-24-2)7-9-19-10-8-18/h14-15,19H,3-13H2,1-2H3,(H,20,22)(H,21,23). The van der Waals surface area contributed by atoms with Crippen LogP contribution in [0.15, 0.2) is 0 Å². The first-order valence-corrected chi connectivity index (χ1v) is 9.31. The summed E-state index contributed by atoms with van der Waals surface area (Å²) < 4.78 is 5.37. The summed E-state index contributed by atoms with van der Waals surface area (Å²) in [5.74, 6) is 0.264. The van der Waals surface area contributed by atoms with E-state index < -0.39 is 0 Å². The summed E-state index contributed by atoms with van der Waals surface area (Å²) in [6, 6.07) is -0.121. The molecule has 138 valence electrons. The molecule has 2 amide bonds. The van der Waals surface area contributed by atoms with Crippen LogP contribution in [0.25, 0.3) is 0 Å². The third-order valence-corrected chi connectivity index (χ3v) is 5.38. The first-order valence-electron chi connectivity index (χ1n) is 9.31. The van der Waals surface area contributed by atoms with E-state index in [0.717, 1.165) is 51.6 Å². The summed E-state index contributed by atoms with van der Waals surface area (Å²) >= 11 is 0. The van der Waals surface area contributed by atoms with E-state index in [4.69, 9.17) is 4.74 Å². The van der Waals surface area contributed by atoms with Crippen LogP contribution in [0.5, 0.6) is 0 Å². The smallest absolute Gasteiger partial charge is 0.223 e. The number of carbonyl (C=O) groups is 2. The largest absolute Gasteiger partial charge is 0.384 e.